The molecule has 0 unspecified atom stereocenters. The summed E-state index contributed by atoms with van der Waals surface area (Å²) in [6.45, 7) is 2.71. The zero-order valence-electron chi connectivity index (χ0n) is 15.0. The van der Waals surface area contributed by atoms with Gasteiger partial charge in [0.2, 0.25) is 0 Å². The van der Waals surface area contributed by atoms with Gasteiger partial charge in [0, 0.05) is 16.3 Å². The quantitative estimate of drug-likeness (QED) is 0.464. The third kappa shape index (κ3) is 3.09. The number of benzene rings is 1. The molecule has 3 heterocycles. The van der Waals surface area contributed by atoms with Crippen LogP contribution in [0, 0.1) is 6.92 Å². The highest BCUT2D eigenvalue weighted by molar-refractivity contribution is 7.20. The highest BCUT2D eigenvalue weighted by Crippen LogP contribution is 2.35. The highest BCUT2D eigenvalue weighted by Gasteiger charge is 2.34. The van der Waals surface area contributed by atoms with Gasteiger partial charge in [0.25, 0.3) is 5.91 Å². The average molecular weight is 394 g/mol. The van der Waals surface area contributed by atoms with Gasteiger partial charge in [-0.25, -0.2) is 4.68 Å². The second kappa shape index (κ2) is 6.62. The SMILES string of the molecule is Cc1nn(-c2ccccc2)c2sc(C(=O)N(Cc3cccs3)C3CC3)cc12. The number of aryl methyl sites for hydroxylation is 1. The predicted octanol–water partition coefficient (Wildman–Crippen LogP) is 5.26. The maximum atomic E-state index is 13.3. The molecule has 1 fully saturated rings. The molecule has 4 aromatic rings. The molecule has 136 valence electrons. The number of hydrogen-bond donors (Lipinski definition) is 0. The third-order valence-corrected chi connectivity index (χ3v) is 6.87. The number of amides is 1. The molecule has 0 saturated heterocycles. The van der Waals surface area contributed by atoms with Crippen LogP contribution in [0.25, 0.3) is 15.9 Å². The molecule has 27 heavy (non-hydrogen) atoms. The van der Waals surface area contributed by atoms with E-state index in [1.54, 1.807) is 22.7 Å². The molecule has 0 N–H and O–H groups in total. The summed E-state index contributed by atoms with van der Waals surface area (Å²) in [7, 11) is 0. The van der Waals surface area contributed by atoms with Gasteiger partial charge in [-0.2, -0.15) is 5.10 Å². The predicted molar refractivity (Wildman–Crippen MR) is 111 cm³/mol. The largest absolute Gasteiger partial charge is 0.330 e. The lowest BCUT2D eigenvalue weighted by Crippen LogP contribution is -2.31. The van der Waals surface area contributed by atoms with E-state index in [0.717, 1.165) is 39.3 Å². The van der Waals surface area contributed by atoms with Crippen LogP contribution in [0.1, 0.15) is 33.1 Å². The summed E-state index contributed by atoms with van der Waals surface area (Å²) in [5.41, 5.74) is 1.98. The van der Waals surface area contributed by atoms with Gasteiger partial charge in [0.05, 0.1) is 22.8 Å². The van der Waals surface area contributed by atoms with E-state index in [-0.39, 0.29) is 5.91 Å². The van der Waals surface area contributed by atoms with E-state index in [1.165, 1.54) is 4.88 Å². The molecule has 0 aliphatic heterocycles. The van der Waals surface area contributed by atoms with Crippen LogP contribution < -0.4 is 0 Å². The molecule has 0 bridgehead atoms. The number of rotatable bonds is 5. The number of carbonyl (C=O) groups is 1. The van der Waals surface area contributed by atoms with Crippen LogP contribution in [0.15, 0.2) is 53.9 Å². The lowest BCUT2D eigenvalue weighted by Gasteiger charge is -2.21. The lowest BCUT2D eigenvalue weighted by atomic mass is 10.3. The minimum atomic E-state index is 0.145. The second-order valence-corrected chi connectivity index (χ2v) is 8.97. The van der Waals surface area contributed by atoms with Crippen molar-refractivity contribution in [2.45, 2.75) is 32.4 Å². The van der Waals surface area contributed by atoms with Gasteiger partial charge in [-0.3, -0.25) is 4.79 Å². The molecule has 1 saturated carbocycles. The van der Waals surface area contributed by atoms with E-state index < -0.39 is 0 Å². The summed E-state index contributed by atoms with van der Waals surface area (Å²) in [6, 6.07) is 16.7. The molecule has 1 aliphatic rings. The van der Waals surface area contributed by atoms with Gasteiger partial charge in [-0.15, -0.1) is 22.7 Å². The fourth-order valence-electron chi connectivity index (χ4n) is 3.36. The fraction of sp³-hybridized carbons (Fsp3) is 0.238. The maximum absolute atomic E-state index is 13.3. The van der Waals surface area contributed by atoms with E-state index in [1.807, 2.05) is 59.0 Å². The molecule has 0 atom stereocenters. The molecule has 1 amide bonds. The van der Waals surface area contributed by atoms with Crippen LogP contribution >= 0.6 is 22.7 Å². The molecule has 5 rings (SSSR count). The van der Waals surface area contributed by atoms with Crippen molar-refractivity contribution in [1.82, 2.24) is 14.7 Å². The van der Waals surface area contributed by atoms with Crippen LogP contribution in [-0.4, -0.2) is 26.6 Å². The smallest absolute Gasteiger partial charge is 0.264 e. The summed E-state index contributed by atoms with van der Waals surface area (Å²) in [6.07, 6.45) is 2.22. The number of aromatic nitrogens is 2. The van der Waals surface area contributed by atoms with E-state index in [2.05, 4.69) is 16.5 Å². The van der Waals surface area contributed by atoms with Crippen molar-refractivity contribution >= 4 is 38.8 Å². The third-order valence-electron chi connectivity index (χ3n) is 4.91. The standard InChI is InChI=1S/C21H19N3OS2/c1-14-18-12-19(27-21(18)24(22-14)16-6-3-2-4-7-16)20(25)23(15-9-10-15)13-17-8-5-11-26-17/h2-8,11-12,15H,9-10,13H2,1H3. The lowest BCUT2D eigenvalue weighted by molar-refractivity contribution is 0.0736. The van der Waals surface area contributed by atoms with Crippen LogP contribution in [0.2, 0.25) is 0 Å². The molecule has 3 aromatic heterocycles. The minimum absolute atomic E-state index is 0.145. The Labute approximate surface area is 165 Å². The Bertz CT molecular complexity index is 1090. The fourth-order valence-corrected chi connectivity index (χ4v) is 5.20. The Balaban J connectivity index is 1.52. The van der Waals surface area contributed by atoms with Crippen molar-refractivity contribution in [2.24, 2.45) is 0 Å². The topological polar surface area (TPSA) is 38.1 Å². The molecule has 1 aromatic carbocycles. The van der Waals surface area contributed by atoms with Gasteiger partial charge in [-0.1, -0.05) is 24.3 Å². The number of carbonyl (C=O) groups excluding carboxylic acids is 1. The van der Waals surface area contributed by atoms with Crippen molar-refractivity contribution in [3.8, 4) is 5.69 Å². The zero-order valence-corrected chi connectivity index (χ0v) is 16.6. The second-order valence-electron chi connectivity index (χ2n) is 6.91. The summed E-state index contributed by atoms with van der Waals surface area (Å²) < 4.78 is 1.95. The Morgan fingerprint density at radius 2 is 2.04 bits per heavy atom. The van der Waals surface area contributed by atoms with Gasteiger partial charge >= 0.3 is 0 Å². The van der Waals surface area contributed by atoms with Crippen LogP contribution in [-0.2, 0) is 6.54 Å². The zero-order chi connectivity index (χ0) is 18.4. The van der Waals surface area contributed by atoms with Gasteiger partial charge in [-0.05, 0) is 49.4 Å². The molecule has 4 nitrogen and oxygen atoms in total. The first-order valence-corrected chi connectivity index (χ1v) is 10.8. The molecule has 6 heteroatoms. The summed E-state index contributed by atoms with van der Waals surface area (Å²) in [5, 5.41) is 7.82. The van der Waals surface area contributed by atoms with Gasteiger partial charge in [0.1, 0.15) is 4.83 Å². The van der Waals surface area contributed by atoms with E-state index in [4.69, 9.17) is 0 Å². The molecule has 0 spiro atoms. The van der Waals surface area contributed by atoms with Gasteiger partial charge in [0.15, 0.2) is 0 Å². The van der Waals surface area contributed by atoms with E-state index >= 15 is 0 Å². The van der Waals surface area contributed by atoms with Crippen molar-refractivity contribution < 1.29 is 4.79 Å². The summed E-state index contributed by atoms with van der Waals surface area (Å²) in [4.78, 5) is 18.4. The Morgan fingerprint density at radius 1 is 1.22 bits per heavy atom. The highest BCUT2D eigenvalue weighted by atomic mass is 32.1. The van der Waals surface area contributed by atoms with Crippen LogP contribution in [0.3, 0.4) is 0 Å². The molecule has 0 radical (unpaired) electrons. The van der Waals surface area contributed by atoms with Crippen LogP contribution in [0.4, 0.5) is 0 Å². The number of para-hydroxylation sites is 1. The Kier molecular flexibility index (Phi) is 4.10. The molecule has 1 aliphatic carbocycles. The Morgan fingerprint density at radius 3 is 2.74 bits per heavy atom. The van der Waals surface area contributed by atoms with E-state index in [9.17, 15) is 4.79 Å². The average Bonchev–Trinajstić information content (AvgIpc) is 3.11. The van der Waals surface area contributed by atoms with Crippen LogP contribution in [0.5, 0.6) is 0 Å². The van der Waals surface area contributed by atoms with Crippen molar-refractivity contribution in [1.29, 1.82) is 0 Å². The summed E-state index contributed by atoms with van der Waals surface area (Å²) >= 11 is 3.26. The monoisotopic (exact) mass is 393 g/mol. The van der Waals surface area contributed by atoms with Gasteiger partial charge < -0.3 is 4.90 Å². The van der Waals surface area contributed by atoms with Crippen molar-refractivity contribution in [3.05, 3.63) is 69.4 Å². The first-order chi connectivity index (χ1) is 13.2. The normalized spacial score (nSPS) is 14.0. The number of nitrogens with zero attached hydrogens (tertiary/aromatic N) is 3. The number of hydrogen-bond acceptors (Lipinski definition) is 4. The first kappa shape index (κ1) is 16.7. The maximum Gasteiger partial charge on any atom is 0.264 e. The van der Waals surface area contributed by atoms with E-state index in [0.29, 0.717) is 12.6 Å². The number of thiophene rings is 2. The minimum Gasteiger partial charge on any atom is -0.330 e. The van der Waals surface area contributed by atoms with Crippen molar-refractivity contribution in [2.75, 3.05) is 0 Å². The van der Waals surface area contributed by atoms with Crippen molar-refractivity contribution in [3.63, 3.8) is 0 Å². The Hall–Kier alpha value is -2.44. The molecular formula is C21H19N3OS2. The molecular weight excluding hydrogens is 374 g/mol. The number of fused-ring (bicyclic) bond motifs is 1. The summed E-state index contributed by atoms with van der Waals surface area (Å²) in [5.74, 6) is 0.145. The first-order valence-electron chi connectivity index (χ1n) is 9.08.